The molecule has 112 valence electrons. The molecule has 3 nitrogen and oxygen atoms in total. The SMILES string of the molecule is CCOCc1ccccc1CNC(=O)c1cc(Br)c(Br)s1. The van der Waals surface area contributed by atoms with Crippen LogP contribution in [0.1, 0.15) is 27.7 Å². The molecule has 6 heteroatoms. The van der Waals surface area contributed by atoms with Crippen LogP contribution in [0.25, 0.3) is 0 Å². The Hall–Kier alpha value is -0.690. The van der Waals surface area contributed by atoms with E-state index in [1.165, 1.54) is 11.3 Å². The number of carbonyl (C=O) groups is 1. The van der Waals surface area contributed by atoms with Crippen LogP contribution in [0.5, 0.6) is 0 Å². The Kier molecular flexibility index (Phi) is 6.41. The minimum atomic E-state index is -0.0717. The molecule has 1 heterocycles. The molecule has 1 amide bonds. The molecule has 0 aliphatic heterocycles. The zero-order valence-electron chi connectivity index (χ0n) is 11.5. The fourth-order valence-electron chi connectivity index (χ4n) is 1.80. The number of ether oxygens (including phenoxy) is 1. The largest absolute Gasteiger partial charge is 0.377 e. The van der Waals surface area contributed by atoms with Crippen LogP contribution in [0.15, 0.2) is 38.6 Å². The van der Waals surface area contributed by atoms with E-state index < -0.39 is 0 Å². The lowest BCUT2D eigenvalue weighted by Gasteiger charge is -2.10. The van der Waals surface area contributed by atoms with Gasteiger partial charge in [-0.3, -0.25) is 4.79 Å². The van der Waals surface area contributed by atoms with E-state index in [-0.39, 0.29) is 5.91 Å². The van der Waals surface area contributed by atoms with Crippen molar-refractivity contribution in [3.8, 4) is 0 Å². The molecule has 2 aromatic rings. The van der Waals surface area contributed by atoms with E-state index in [0.29, 0.717) is 24.6 Å². The Balaban J connectivity index is 2.01. The number of benzene rings is 1. The summed E-state index contributed by atoms with van der Waals surface area (Å²) >= 11 is 8.19. The lowest BCUT2D eigenvalue weighted by molar-refractivity contribution is 0.0954. The maximum Gasteiger partial charge on any atom is 0.261 e. The second kappa shape index (κ2) is 8.08. The molecule has 1 aromatic heterocycles. The van der Waals surface area contributed by atoms with Gasteiger partial charge in [0.15, 0.2) is 0 Å². The van der Waals surface area contributed by atoms with Gasteiger partial charge in [0, 0.05) is 17.6 Å². The van der Waals surface area contributed by atoms with Crippen molar-refractivity contribution in [2.75, 3.05) is 6.61 Å². The third-order valence-corrected chi connectivity index (χ3v) is 6.14. The number of halogens is 2. The molecule has 0 saturated carbocycles. The predicted molar refractivity (Wildman–Crippen MR) is 92.7 cm³/mol. The van der Waals surface area contributed by atoms with Crippen LogP contribution in [0, 0.1) is 0 Å². The molecule has 0 spiro atoms. The number of nitrogens with one attached hydrogen (secondary N) is 1. The van der Waals surface area contributed by atoms with Crippen LogP contribution in [-0.4, -0.2) is 12.5 Å². The highest BCUT2D eigenvalue weighted by Gasteiger charge is 2.12. The van der Waals surface area contributed by atoms with Gasteiger partial charge < -0.3 is 10.1 Å². The monoisotopic (exact) mass is 431 g/mol. The fourth-order valence-corrected chi connectivity index (χ4v) is 3.76. The van der Waals surface area contributed by atoms with Crippen molar-refractivity contribution in [1.82, 2.24) is 5.32 Å². The van der Waals surface area contributed by atoms with Gasteiger partial charge in [0.1, 0.15) is 0 Å². The van der Waals surface area contributed by atoms with Crippen LogP contribution < -0.4 is 5.32 Å². The Morgan fingerprint density at radius 2 is 2.00 bits per heavy atom. The second-order valence-corrected chi connectivity index (χ2v) is 7.55. The van der Waals surface area contributed by atoms with Crippen LogP contribution in [0.4, 0.5) is 0 Å². The normalized spacial score (nSPS) is 10.6. The van der Waals surface area contributed by atoms with Gasteiger partial charge in [-0.15, -0.1) is 11.3 Å². The molecule has 0 atom stereocenters. The Morgan fingerprint density at radius 3 is 2.62 bits per heavy atom. The third kappa shape index (κ3) is 4.64. The Labute approximate surface area is 145 Å². The van der Waals surface area contributed by atoms with Crippen molar-refractivity contribution in [2.24, 2.45) is 0 Å². The highest BCUT2D eigenvalue weighted by Crippen LogP contribution is 2.32. The summed E-state index contributed by atoms with van der Waals surface area (Å²) in [5, 5.41) is 2.95. The van der Waals surface area contributed by atoms with Gasteiger partial charge in [0.05, 0.1) is 15.3 Å². The van der Waals surface area contributed by atoms with Gasteiger partial charge in [-0.1, -0.05) is 24.3 Å². The second-order valence-electron chi connectivity index (χ2n) is 4.32. The summed E-state index contributed by atoms with van der Waals surface area (Å²) < 4.78 is 7.27. The molecule has 0 aliphatic rings. The lowest BCUT2D eigenvalue weighted by Crippen LogP contribution is -2.22. The van der Waals surface area contributed by atoms with Gasteiger partial charge in [0.25, 0.3) is 5.91 Å². The molecule has 0 aliphatic carbocycles. The molecular weight excluding hydrogens is 418 g/mol. The van der Waals surface area contributed by atoms with E-state index in [9.17, 15) is 4.79 Å². The van der Waals surface area contributed by atoms with Crippen molar-refractivity contribution < 1.29 is 9.53 Å². The third-order valence-electron chi connectivity index (χ3n) is 2.89. The van der Waals surface area contributed by atoms with Gasteiger partial charge in [-0.25, -0.2) is 0 Å². The zero-order chi connectivity index (χ0) is 15.2. The highest BCUT2D eigenvalue weighted by molar-refractivity contribution is 9.13. The summed E-state index contributed by atoms with van der Waals surface area (Å²) in [6, 6.07) is 9.79. The first-order valence-electron chi connectivity index (χ1n) is 6.49. The van der Waals surface area contributed by atoms with Gasteiger partial charge in [-0.2, -0.15) is 0 Å². The van der Waals surface area contributed by atoms with Gasteiger partial charge in [0.2, 0.25) is 0 Å². The molecule has 21 heavy (non-hydrogen) atoms. The number of hydrogen-bond donors (Lipinski definition) is 1. The highest BCUT2D eigenvalue weighted by atomic mass is 79.9. The standard InChI is InChI=1S/C15H15Br2NO2S/c1-2-20-9-11-6-4-3-5-10(11)8-18-15(19)13-7-12(16)14(17)21-13/h3-7H,2,8-9H2,1H3,(H,18,19). The summed E-state index contributed by atoms with van der Waals surface area (Å²) in [6.07, 6.45) is 0. The molecule has 0 fully saturated rings. The van der Waals surface area contributed by atoms with Crippen molar-refractivity contribution >= 4 is 49.1 Å². The summed E-state index contributed by atoms with van der Waals surface area (Å²) in [4.78, 5) is 12.8. The van der Waals surface area contributed by atoms with Crippen LogP contribution in [-0.2, 0) is 17.9 Å². The first kappa shape index (κ1) is 16.7. The van der Waals surface area contributed by atoms with Crippen molar-refractivity contribution in [3.05, 3.63) is 54.6 Å². The van der Waals surface area contributed by atoms with Crippen LogP contribution in [0.2, 0.25) is 0 Å². The van der Waals surface area contributed by atoms with E-state index in [0.717, 1.165) is 19.4 Å². The minimum absolute atomic E-state index is 0.0717. The average Bonchev–Trinajstić information content (AvgIpc) is 2.83. The summed E-state index contributed by atoms with van der Waals surface area (Å²) in [5.74, 6) is -0.0717. The molecule has 2 rings (SSSR count). The molecule has 1 N–H and O–H groups in total. The van der Waals surface area contributed by atoms with Crippen LogP contribution in [0.3, 0.4) is 0 Å². The van der Waals surface area contributed by atoms with Gasteiger partial charge >= 0.3 is 0 Å². The van der Waals surface area contributed by atoms with E-state index >= 15 is 0 Å². The Bertz CT molecular complexity index is 608. The molecule has 0 radical (unpaired) electrons. The maximum atomic E-state index is 12.1. The zero-order valence-corrected chi connectivity index (χ0v) is 15.5. The average molecular weight is 433 g/mol. The smallest absolute Gasteiger partial charge is 0.261 e. The first-order valence-corrected chi connectivity index (χ1v) is 8.89. The summed E-state index contributed by atoms with van der Waals surface area (Å²) in [7, 11) is 0. The van der Waals surface area contributed by atoms with Crippen molar-refractivity contribution in [2.45, 2.75) is 20.1 Å². The quantitative estimate of drug-likeness (QED) is 0.715. The van der Waals surface area contributed by atoms with E-state index in [2.05, 4.69) is 37.2 Å². The van der Waals surface area contributed by atoms with E-state index in [1.54, 1.807) is 0 Å². The minimum Gasteiger partial charge on any atom is -0.377 e. The molecule has 0 unspecified atom stereocenters. The van der Waals surface area contributed by atoms with Crippen LogP contribution >= 0.6 is 43.2 Å². The summed E-state index contributed by atoms with van der Waals surface area (Å²) in [6.45, 7) is 3.71. The predicted octanol–water partition coefficient (Wildman–Crippen LogP) is 4.74. The maximum absolute atomic E-state index is 12.1. The number of rotatable bonds is 6. The molecular formula is C15H15Br2NO2S. The lowest BCUT2D eigenvalue weighted by atomic mass is 10.1. The summed E-state index contributed by atoms with van der Waals surface area (Å²) in [5.41, 5.74) is 2.18. The first-order chi connectivity index (χ1) is 10.1. The fraction of sp³-hybridized carbons (Fsp3) is 0.267. The Morgan fingerprint density at radius 1 is 1.29 bits per heavy atom. The topological polar surface area (TPSA) is 38.3 Å². The molecule has 0 bridgehead atoms. The number of hydrogen-bond acceptors (Lipinski definition) is 3. The van der Waals surface area contributed by atoms with Crippen molar-refractivity contribution in [3.63, 3.8) is 0 Å². The number of carbonyl (C=O) groups excluding carboxylic acids is 1. The van der Waals surface area contributed by atoms with E-state index in [4.69, 9.17) is 4.74 Å². The van der Waals surface area contributed by atoms with Gasteiger partial charge in [-0.05, 0) is 56.0 Å². The molecule has 1 aromatic carbocycles. The number of thiophene rings is 1. The van der Waals surface area contributed by atoms with Crippen molar-refractivity contribution in [1.29, 1.82) is 0 Å². The molecule has 0 saturated heterocycles. The van der Waals surface area contributed by atoms with E-state index in [1.807, 2.05) is 37.3 Å². The number of amides is 1.